The highest BCUT2D eigenvalue weighted by Crippen LogP contribution is 2.33. The van der Waals surface area contributed by atoms with Gasteiger partial charge >= 0.3 is 12.1 Å². The summed E-state index contributed by atoms with van der Waals surface area (Å²) in [5.41, 5.74) is 0. The van der Waals surface area contributed by atoms with Crippen LogP contribution in [0.15, 0.2) is 16.5 Å². The fraction of sp³-hybridized carbons (Fsp3) is 0.667. The van der Waals surface area contributed by atoms with Crippen LogP contribution in [0.1, 0.15) is 24.6 Å². The van der Waals surface area contributed by atoms with Gasteiger partial charge in [-0.25, -0.2) is 0 Å². The molecule has 6 nitrogen and oxygen atoms in total. The molecule has 11 heteroatoms. The van der Waals surface area contributed by atoms with Gasteiger partial charge in [0.2, 0.25) is 0 Å². The van der Waals surface area contributed by atoms with Gasteiger partial charge < -0.3 is 9.73 Å². The van der Waals surface area contributed by atoms with Crippen molar-refractivity contribution in [2.45, 2.75) is 25.1 Å². The molecule has 1 aromatic rings. The zero-order valence-electron chi connectivity index (χ0n) is 12.0. The van der Waals surface area contributed by atoms with Gasteiger partial charge in [-0.1, -0.05) is 0 Å². The first-order valence-electron chi connectivity index (χ1n) is 6.62. The summed E-state index contributed by atoms with van der Waals surface area (Å²) < 4.78 is 42.5. The molecule has 0 radical (unpaired) electrons. The van der Waals surface area contributed by atoms with E-state index in [1.54, 1.807) is 0 Å². The molecule has 1 fully saturated rings. The summed E-state index contributed by atoms with van der Waals surface area (Å²) in [6.07, 6.45) is -5.38. The Morgan fingerprint density at radius 3 is 2.39 bits per heavy atom. The lowest BCUT2D eigenvalue weighted by atomic mass is 10.1. The van der Waals surface area contributed by atoms with Crippen molar-refractivity contribution in [1.82, 2.24) is 10.2 Å². The Kier molecular flexibility index (Phi) is 8.89. The Bertz CT molecular complexity index is 493. The van der Waals surface area contributed by atoms with Gasteiger partial charge in [0, 0.05) is 32.6 Å². The van der Waals surface area contributed by atoms with Crippen molar-refractivity contribution in [2.75, 3.05) is 26.2 Å². The van der Waals surface area contributed by atoms with E-state index in [0.29, 0.717) is 26.2 Å². The molecule has 0 spiro atoms. The zero-order valence-corrected chi connectivity index (χ0v) is 13.7. The van der Waals surface area contributed by atoms with Crippen molar-refractivity contribution < 1.29 is 22.5 Å². The van der Waals surface area contributed by atoms with Gasteiger partial charge in [-0.2, -0.15) is 13.2 Å². The predicted molar refractivity (Wildman–Crippen MR) is 82.3 cm³/mol. The second-order valence-electron chi connectivity index (χ2n) is 4.89. The Balaban J connectivity index is 0.00000242. The van der Waals surface area contributed by atoms with E-state index in [4.69, 9.17) is 4.42 Å². The molecule has 1 aliphatic rings. The molecule has 1 aliphatic heterocycles. The maximum absolute atomic E-state index is 12.5. The Hall–Kier alpha value is -1.03. The van der Waals surface area contributed by atoms with E-state index in [9.17, 15) is 23.3 Å². The fourth-order valence-electron chi connectivity index (χ4n) is 2.42. The number of hydrogen-bond acceptors (Lipinski definition) is 5. The molecule has 0 bridgehead atoms. The minimum Gasteiger partial charge on any atom is -0.404 e. The lowest BCUT2D eigenvalue weighted by Crippen LogP contribution is -2.45. The number of alkyl halides is 3. The predicted octanol–water partition coefficient (Wildman–Crippen LogP) is 3.32. The lowest BCUT2D eigenvalue weighted by Gasteiger charge is -2.33. The molecular weight excluding hydrogens is 362 g/mol. The van der Waals surface area contributed by atoms with E-state index in [1.807, 2.05) is 4.90 Å². The minimum atomic E-state index is -4.26. The third-order valence-corrected chi connectivity index (χ3v) is 3.41. The monoisotopic (exact) mass is 379 g/mol. The molecule has 0 amide bonds. The van der Waals surface area contributed by atoms with Crippen LogP contribution in [-0.4, -0.2) is 42.2 Å². The molecule has 0 saturated carbocycles. The van der Waals surface area contributed by atoms with E-state index in [0.717, 1.165) is 0 Å². The highest BCUT2D eigenvalue weighted by atomic mass is 35.5. The molecule has 0 unspecified atom stereocenters. The van der Waals surface area contributed by atoms with Crippen LogP contribution in [0.5, 0.6) is 0 Å². The van der Waals surface area contributed by atoms with Crippen LogP contribution in [0.2, 0.25) is 0 Å². The van der Waals surface area contributed by atoms with Crippen molar-refractivity contribution in [3.05, 3.63) is 28.0 Å². The summed E-state index contributed by atoms with van der Waals surface area (Å²) in [6.45, 7) is 2.50. The van der Waals surface area contributed by atoms with Crippen LogP contribution < -0.4 is 5.32 Å². The summed E-state index contributed by atoms with van der Waals surface area (Å²) >= 11 is 0. The molecule has 134 valence electrons. The van der Waals surface area contributed by atoms with Gasteiger partial charge in [0.15, 0.2) is 0 Å². The largest absolute Gasteiger partial charge is 0.433 e. The van der Waals surface area contributed by atoms with Crippen LogP contribution in [-0.2, 0) is 0 Å². The van der Waals surface area contributed by atoms with E-state index < -0.39 is 29.4 Å². The maximum atomic E-state index is 12.5. The average molecular weight is 380 g/mol. The standard InChI is InChI=1S/C12H16F3N3O3.2ClH/c13-12(14,15)4-3-9(17-7-5-16-6-8-17)10-1-2-11(21-10)18(19)20;;/h1-2,9,16H,3-8H2;2*1H/t9-;;/m0../s1. The molecule has 1 saturated heterocycles. The smallest absolute Gasteiger partial charge is 0.404 e. The fourth-order valence-corrected chi connectivity index (χ4v) is 2.42. The maximum Gasteiger partial charge on any atom is 0.433 e. The van der Waals surface area contributed by atoms with Gasteiger partial charge in [-0.3, -0.25) is 15.0 Å². The van der Waals surface area contributed by atoms with Crippen molar-refractivity contribution in [2.24, 2.45) is 0 Å². The number of hydrogen-bond donors (Lipinski definition) is 1. The molecule has 0 aliphatic carbocycles. The van der Waals surface area contributed by atoms with Gasteiger partial charge in [-0.05, 0) is 12.5 Å². The summed E-state index contributed by atoms with van der Waals surface area (Å²) in [5.74, 6) is -0.231. The number of piperazine rings is 1. The van der Waals surface area contributed by atoms with Crippen molar-refractivity contribution in [1.29, 1.82) is 0 Å². The molecule has 1 N–H and O–H groups in total. The Morgan fingerprint density at radius 1 is 1.30 bits per heavy atom. The Labute approximate surface area is 143 Å². The van der Waals surface area contributed by atoms with E-state index in [2.05, 4.69) is 5.32 Å². The highest BCUT2D eigenvalue weighted by molar-refractivity contribution is 5.85. The molecule has 2 heterocycles. The van der Waals surface area contributed by atoms with Gasteiger partial charge in [-0.15, -0.1) is 24.8 Å². The van der Waals surface area contributed by atoms with Crippen molar-refractivity contribution >= 4 is 30.7 Å². The summed E-state index contributed by atoms with van der Waals surface area (Å²) in [7, 11) is 0. The lowest BCUT2D eigenvalue weighted by molar-refractivity contribution is -0.402. The first-order valence-corrected chi connectivity index (χ1v) is 6.62. The molecule has 0 aromatic carbocycles. The third kappa shape index (κ3) is 6.54. The number of nitrogens with zero attached hydrogens (tertiary/aromatic N) is 2. The second kappa shape index (κ2) is 9.31. The van der Waals surface area contributed by atoms with E-state index in [-0.39, 0.29) is 37.0 Å². The van der Waals surface area contributed by atoms with Gasteiger partial charge in [0.25, 0.3) is 0 Å². The molecule has 23 heavy (non-hydrogen) atoms. The number of nitro groups is 1. The first-order chi connectivity index (χ1) is 9.87. The number of rotatable bonds is 5. The first kappa shape index (κ1) is 22.0. The van der Waals surface area contributed by atoms with Gasteiger partial charge in [0.1, 0.15) is 10.7 Å². The van der Waals surface area contributed by atoms with Crippen LogP contribution in [0.25, 0.3) is 0 Å². The van der Waals surface area contributed by atoms with E-state index >= 15 is 0 Å². The minimum absolute atomic E-state index is 0. The van der Waals surface area contributed by atoms with Crippen LogP contribution in [0, 0.1) is 10.1 Å². The van der Waals surface area contributed by atoms with Crippen LogP contribution >= 0.6 is 24.8 Å². The molecule has 1 aromatic heterocycles. The van der Waals surface area contributed by atoms with Crippen LogP contribution in [0.3, 0.4) is 0 Å². The summed E-state index contributed by atoms with van der Waals surface area (Å²) in [6, 6.07) is 1.97. The SMILES string of the molecule is Cl.Cl.O=[N+]([O-])c1ccc([C@H](CCC(F)(F)F)N2CCNCC2)o1. The van der Waals surface area contributed by atoms with Gasteiger partial charge in [0.05, 0.1) is 12.1 Å². The Morgan fingerprint density at radius 2 is 1.91 bits per heavy atom. The molecular formula is C12H18Cl2F3N3O3. The highest BCUT2D eigenvalue weighted by Gasteiger charge is 2.33. The zero-order chi connectivity index (χ0) is 15.5. The average Bonchev–Trinajstić information content (AvgIpc) is 2.89. The van der Waals surface area contributed by atoms with Crippen molar-refractivity contribution in [3.63, 3.8) is 0 Å². The number of furan rings is 1. The number of nitrogens with one attached hydrogen (secondary N) is 1. The summed E-state index contributed by atoms with van der Waals surface area (Å²) in [5, 5.41) is 13.8. The van der Waals surface area contributed by atoms with Crippen molar-refractivity contribution in [3.8, 4) is 0 Å². The normalized spacial score (nSPS) is 17.0. The number of halogens is 5. The van der Waals surface area contributed by atoms with Crippen LogP contribution in [0.4, 0.5) is 19.1 Å². The molecule has 1 atom stereocenters. The quantitative estimate of drug-likeness (QED) is 0.627. The summed E-state index contributed by atoms with van der Waals surface area (Å²) in [4.78, 5) is 11.8. The molecule has 2 rings (SSSR count). The second-order valence-corrected chi connectivity index (χ2v) is 4.89. The topological polar surface area (TPSA) is 71.6 Å². The third-order valence-electron chi connectivity index (χ3n) is 3.41. The van der Waals surface area contributed by atoms with E-state index in [1.165, 1.54) is 12.1 Å².